The first-order chi connectivity index (χ1) is 7.63. The average Bonchev–Trinajstić information content (AvgIpc) is 2.54. The third kappa shape index (κ3) is 3.74. The minimum absolute atomic E-state index is 0.411. The van der Waals surface area contributed by atoms with Crippen LogP contribution in [0.3, 0.4) is 0 Å². The normalized spacial score (nSPS) is 23.1. The zero-order chi connectivity index (χ0) is 12.0. The van der Waals surface area contributed by atoms with E-state index < -0.39 is 0 Å². The number of hydrogen-bond acceptors (Lipinski definition) is 2. The molecule has 2 N–H and O–H groups in total. The molecule has 0 aromatic carbocycles. The maximum absolute atomic E-state index is 6.07. The van der Waals surface area contributed by atoms with Crippen molar-refractivity contribution < 1.29 is 0 Å². The molecule has 1 rings (SSSR count). The Morgan fingerprint density at radius 1 is 1.19 bits per heavy atom. The Morgan fingerprint density at radius 2 is 1.75 bits per heavy atom. The van der Waals surface area contributed by atoms with Crippen molar-refractivity contribution in [2.24, 2.45) is 11.1 Å². The molecule has 2 heteroatoms. The highest BCUT2D eigenvalue weighted by Crippen LogP contribution is 2.35. The molecule has 0 aromatic rings. The largest absolute Gasteiger partial charge is 0.330 e. The highest BCUT2D eigenvalue weighted by molar-refractivity contribution is 4.86. The van der Waals surface area contributed by atoms with Crippen LogP contribution in [0, 0.1) is 5.41 Å². The van der Waals surface area contributed by atoms with Crippen LogP contribution in [0.2, 0.25) is 0 Å². The lowest BCUT2D eigenvalue weighted by Gasteiger charge is -2.38. The molecule has 1 aliphatic carbocycles. The molecule has 0 spiro atoms. The molecular formula is C14H30N2. The molecule has 1 fully saturated rings. The fourth-order valence-electron chi connectivity index (χ4n) is 2.90. The van der Waals surface area contributed by atoms with Gasteiger partial charge < -0.3 is 10.6 Å². The first kappa shape index (κ1) is 14.0. The fraction of sp³-hybridized carbons (Fsp3) is 1.00. The van der Waals surface area contributed by atoms with Crippen LogP contribution in [0.4, 0.5) is 0 Å². The molecule has 0 saturated heterocycles. The first-order valence-electron chi connectivity index (χ1n) is 7.04. The molecule has 0 heterocycles. The van der Waals surface area contributed by atoms with Crippen LogP contribution in [0.1, 0.15) is 58.8 Å². The van der Waals surface area contributed by atoms with E-state index in [1.807, 2.05) is 0 Å². The minimum Gasteiger partial charge on any atom is -0.330 e. The zero-order valence-corrected chi connectivity index (χ0v) is 11.5. The molecule has 1 atom stereocenters. The lowest BCUT2D eigenvalue weighted by atomic mass is 9.79. The lowest BCUT2D eigenvalue weighted by molar-refractivity contribution is 0.127. The van der Waals surface area contributed by atoms with E-state index in [0.29, 0.717) is 11.5 Å². The van der Waals surface area contributed by atoms with E-state index in [9.17, 15) is 0 Å². The van der Waals surface area contributed by atoms with Gasteiger partial charge in [-0.2, -0.15) is 0 Å². The van der Waals surface area contributed by atoms with Crippen LogP contribution in [-0.4, -0.2) is 31.1 Å². The Morgan fingerprint density at radius 3 is 2.19 bits per heavy atom. The van der Waals surface area contributed by atoms with Gasteiger partial charge in [-0.05, 0) is 45.2 Å². The molecule has 0 bridgehead atoms. The standard InChI is InChI=1S/C14H30N2/c1-4-13(2)16(3)12-14(11-15)9-7-5-6-8-10-14/h13H,4-12,15H2,1-3H3. The summed E-state index contributed by atoms with van der Waals surface area (Å²) in [6.45, 7) is 6.65. The van der Waals surface area contributed by atoms with Crippen molar-refractivity contribution in [3.8, 4) is 0 Å². The van der Waals surface area contributed by atoms with E-state index in [4.69, 9.17) is 5.73 Å². The van der Waals surface area contributed by atoms with Crippen LogP contribution >= 0.6 is 0 Å². The Labute approximate surface area is 102 Å². The third-order valence-corrected chi connectivity index (χ3v) is 4.53. The van der Waals surface area contributed by atoms with Crippen molar-refractivity contribution >= 4 is 0 Å². The van der Waals surface area contributed by atoms with Gasteiger partial charge in [-0.3, -0.25) is 0 Å². The molecule has 1 unspecified atom stereocenters. The van der Waals surface area contributed by atoms with Crippen LogP contribution in [0.15, 0.2) is 0 Å². The third-order valence-electron chi connectivity index (χ3n) is 4.53. The Kier molecular flexibility index (Phi) is 5.77. The zero-order valence-electron chi connectivity index (χ0n) is 11.5. The molecular weight excluding hydrogens is 196 g/mol. The summed E-state index contributed by atoms with van der Waals surface area (Å²) in [5.41, 5.74) is 6.48. The van der Waals surface area contributed by atoms with Gasteiger partial charge in [-0.15, -0.1) is 0 Å². The van der Waals surface area contributed by atoms with Crippen molar-refractivity contribution in [2.75, 3.05) is 20.1 Å². The van der Waals surface area contributed by atoms with Crippen molar-refractivity contribution in [1.29, 1.82) is 0 Å². The molecule has 1 aliphatic rings. The second-order valence-electron chi connectivity index (χ2n) is 5.79. The highest BCUT2D eigenvalue weighted by atomic mass is 15.1. The predicted octanol–water partition coefficient (Wildman–Crippen LogP) is 3.02. The molecule has 0 amide bonds. The summed E-state index contributed by atoms with van der Waals surface area (Å²) >= 11 is 0. The Hall–Kier alpha value is -0.0800. The number of nitrogens with two attached hydrogens (primary N) is 1. The van der Waals surface area contributed by atoms with Crippen molar-refractivity contribution in [1.82, 2.24) is 4.90 Å². The quantitative estimate of drug-likeness (QED) is 0.730. The van der Waals surface area contributed by atoms with Crippen LogP contribution in [0.25, 0.3) is 0 Å². The summed E-state index contributed by atoms with van der Waals surface area (Å²) in [7, 11) is 2.26. The van der Waals surface area contributed by atoms with Crippen LogP contribution in [0.5, 0.6) is 0 Å². The Balaban J connectivity index is 2.57. The Bertz CT molecular complexity index is 183. The van der Waals surface area contributed by atoms with Gasteiger partial charge in [0.05, 0.1) is 0 Å². The van der Waals surface area contributed by atoms with Crippen molar-refractivity contribution in [2.45, 2.75) is 64.8 Å². The maximum atomic E-state index is 6.07. The topological polar surface area (TPSA) is 29.3 Å². The molecule has 96 valence electrons. The summed E-state index contributed by atoms with van der Waals surface area (Å²) in [4.78, 5) is 2.51. The summed E-state index contributed by atoms with van der Waals surface area (Å²) in [5.74, 6) is 0. The monoisotopic (exact) mass is 226 g/mol. The smallest absolute Gasteiger partial charge is 0.00614 e. The van der Waals surface area contributed by atoms with Crippen LogP contribution in [-0.2, 0) is 0 Å². The second-order valence-corrected chi connectivity index (χ2v) is 5.79. The summed E-state index contributed by atoms with van der Waals surface area (Å²) in [5, 5.41) is 0. The molecule has 0 radical (unpaired) electrons. The van der Waals surface area contributed by atoms with E-state index >= 15 is 0 Å². The summed E-state index contributed by atoms with van der Waals surface area (Å²) in [6.07, 6.45) is 9.49. The number of nitrogens with zero attached hydrogens (tertiary/aromatic N) is 1. The number of rotatable bonds is 5. The molecule has 0 aromatic heterocycles. The van der Waals surface area contributed by atoms with E-state index in [2.05, 4.69) is 25.8 Å². The predicted molar refractivity (Wildman–Crippen MR) is 71.6 cm³/mol. The van der Waals surface area contributed by atoms with Gasteiger partial charge in [0.1, 0.15) is 0 Å². The van der Waals surface area contributed by atoms with E-state index in [1.165, 1.54) is 51.5 Å². The summed E-state index contributed by atoms with van der Waals surface area (Å²) in [6, 6.07) is 0.687. The van der Waals surface area contributed by atoms with Gasteiger partial charge in [-0.1, -0.05) is 32.6 Å². The average molecular weight is 226 g/mol. The van der Waals surface area contributed by atoms with Gasteiger partial charge in [-0.25, -0.2) is 0 Å². The van der Waals surface area contributed by atoms with Crippen LogP contribution < -0.4 is 5.73 Å². The van der Waals surface area contributed by atoms with Gasteiger partial charge in [0, 0.05) is 12.6 Å². The van der Waals surface area contributed by atoms with E-state index in [-0.39, 0.29) is 0 Å². The van der Waals surface area contributed by atoms with E-state index in [1.54, 1.807) is 0 Å². The van der Waals surface area contributed by atoms with Crippen molar-refractivity contribution in [3.05, 3.63) is 0 Å². The number of hydrogen-bond donors (Lipinski definition) is 1. The first-order valence-corrected chi connectivity index (χ1v) is 7.04. The molecule has 1 saturated carbocycles. The molecule has 0 aliphatic heterocycles. The van der Waals surface area contributed by atoms with Gasteiger partial charge >= 0.3 is 0 Å². The fourth-order valence-corrected chi connectivity index (χ4v) is 2.90. The van der Waals surface area contributed by atoms with E-state index in [0.717, 1.165) is 6.54 Å². The highest BCUT2D eigenvalue weighted by Gasteiger charge is 2.31. The minimum atomic E-state index is 0.411. The van der Waals surface area contributed by atoms with Crippen molar-refractivity contribution in [3.63, 3.8) is 0 Å². The van der Waals surface area contributed by atoms with Gasteiger partial charge in [0.15, 0.2) is 0 Å². The lowest BCUT2D eigenvalue weighted by Crippen LogP contribution is -2.43. The second kappa shape index (κ2) is 6.61. The molecule has 16 heavy (non-hydrogen) atoms. The summed E-state index contributed by atoms with van der Waals surface area (Å²) < 4.78 is 0. The van der Waals surface area contributed by atoms with Gasteiger partial charge in [0.2, 0.25) is 0 Å². The maximum Gasteiger partial charge on any atom is 0.00614 e. The van der Waals surface area contributed by atoms with Gasteiger partial charge in [0.25, 0.3) is 0 Å². The molecule has 2 nitrogen and oxygen atoms in total. The SMILES string of the molecule is CCC(C)N(C)CC1(CN)CCCCCC1.